The van der Waals surface area contributed by atoms with Crippen molar-refractivity contribution in [2.45, 2.75) is 46.4 Å². The molecule has 2 aliphatic rings. The second kappa shape index (κ2) is 14.4. The van der Waals surface area contributed by atoms with Crippen LogP contribution in [0.25, 0.3) is 22.2 Å². The van der Waals surface area contributed by atoms with Crippen LogP contribution in [0.5, 0.6) is 11.9 Å². The van der Waals surface area contributed by atoms with Crippen LogP contribution in [0.4, 0.5) is 33.5 Å². The number of alkyl halides is 3. The number of benzene rings is 1. The summed E-state index contributed by atoms with van der Waals surface area (Å²) >= 11 is 0. The van der Waals surface area contributed by atoms with Crippen LogP contribution in [0.15, 0.2) is 6.07 Å². The van der Waals surface area contributed by atoms with E-state index in [-0.39, 0.29) is 23.0 Å². The number of nitrogens with two attached hydrogens (primary N) is 1. The van der Waals surface area contributed by atoms with Crippen molar-refractivity contribution < 1.29 is 41.0 Å². The van der Waals surface area contributed by atoms with E-state index in [1.807, 2.05) is 13.8 Å². The Bertz CT molecular complexity index is 1530. The lowest BCUT2D eigenvalue weighted by Crippen LogP contribution is -2.43. The normalized spacial score (nSPS) is 17.4. The van der Waals surface area contributed by atoms with E-state index in [1.54, 1.807) is 6.92 Å². The molecule has 16 heteroatoms. The van der Waals surface area contributed by atoms with E-state index >= 15 is 4.39 Å². The minimum absolute atomic E-state index is 0.0357. The van der Waals surface area contributed by atoms with Gasteiger partial charge in [-0.3, -0.25) is 4.79 Å². The Labute approximate surface area is 256 Å². The molecule has 0 spiro atoms. The predicted molar refractivity (Wildman–Crippen MR) is 157 cm³/mol. The Balaban J connectivity index is 0.00000226. The average Bonchev–Trinajstić information content (AvgIpc) is 3.05. The van der Waals surface area contributed by atoms with Crippen LogP contribution >= 0.6 is 0 Å². The lowest BCUT2D eigenvalue weighted by Gasteiger charge is -2.26. The number of carbonyl (C=O) groups is 1. The topological polar surface area (TPSA) is 137 Å². The third-order valence-corrected chi connectivity index (χ3v) is 7.12. The summed E-state index contributed by atoms with van der Waals surface area (Å²) in [6.07, 6.45) is -5.09. The molecule has 5 rings (SSSR count). The van der Waals surface area contributed by atoms with Crippen LogP contribution in [-0.4, -0.2) is 84.4 Å². The Morgan fingerprint density at radius 2 is 1.82 bits per heavy atom. The van der Waals surface area contributed by atoms with Crippen molar-refractivity contribution in [1.29, 1.82) is 0 Å². The molecule has 3 aromatic rings. The highest BCUT2D eigenvalue weighted by Gasteiger charge is 2.39. The molecule has 1 unspecified atom stereocenters. The van der Waals surface area contributed by atoms with E-state index in [1.165, 1.54) is 4.90 Å². The van der Waals surface area contributed by atoms with Crippen molar-refractivity contribution in [3.8, 4) is 23.1 Å². The standard InChI is InChI=1S/C27H30F5N7O4.C2H6/c1-13-3-4-34-5-6-35-24-18-23(37-26(38-24)42-12-17(40)39-7-9-41-10-8-39)21(29)22(36-25(18)43-13)15-11-16(33)20(28)14(2)19(15)27(30,31)32;1-2/h11,13,34H,3-10,12,33H2,1-2H3,(H,35,37,38);1-2H3. The van der Waals surface area contributed by atoms with Gasteiger partial charge in [0.05, 0.1) is 30.6 Å². The fourth-order valence-electron chi connectivity index (χ4n) is 4.93. The number of hydrogen-bond donors (Lipinski definition) is 3. The quantitative estimate of drug-likeness (QED) is 0.279. The first-order chi connectivity index (χ1) is 21.5. The number of ether oxygens (including phenoxy) is 3. The van der Waals surface area contributed by atoms with Gasteiger partial charge in [0.15, 0.2) is 12.4 Å². The van der Waals surface area contributed by atoms with Gasteiger partial charge in [-0.25, -0.2) is 13.8 Å². The number of hydrogen-bond acceptors (Lipinski definition) is 10. The van der Waals surface area contributed by atoms with Crippen LogP contribution in [-0.2, 0) is 15.7 Å². The number of halogens is 5. The Morgan fingerprint density at radius 3 is 2.51 bits per heavy atom. The number of rotatable bonds is 4. The van der Waals surface area contributed by atoms with E-state index < -0.39 is 70.1 Å². The molecular weight excluding hydrogens is 605 g/mol. The molecule has 45 heavy (non-hydrogen) atoms. The summed E-state index contributed by atoms with van der Waals surface area (Å²) in [5.41, 5.74) is 0.753. The molecule has 1 aromatic carbocycles. The minimum atomic E-state index is -5.08. The summed E-state index contributed by atoms with van der Waals surface area (Å²) in [4.78, 5) is 26.8. The van der Waals surface area contributed by atoms with Crippen LogP contribution in [0, 0.1) is 18.6 Å². The lowest BCUT2D eigenvalue weighted by molar-refractivity contribution is -0.138. The van der Waals surface area contributed by atoms with Gasteiger partial charge in [0.2, 0.25) is 5.88 Å². The van der Waals surface area contributed by atoms with Crippen LogP contribution in [0.1, 0.15) is 38.3 Å². The third-order valence-electron chi connectivity index (χ3n) is 7.12. The third kappa shape index (κ3) is 7.44. The number of nitrogen functional groups attached to an aromatic ring is 1. The van der Waals surface area contributed by atoms with E-state index in [0.717, 1.165) is 6.92 Å². The summed E-state index contributed by atoms with van der Waals surface area (Å²) < 4.78 is 90.4. The maximum atomic E-state index is 16.4. The summed E-state index contributed by atoms with van der Waals surface area (Å²) in [6, 6.07) is 0.284. The molecule has 1 saturated heterocycles. The molecule has 0 radical (unpaired) electrons. The molecule has 0 bridgehead atoms. The Hall–Kier alpha value is -4.05. The first-order valence-corrected chi connectivity index (χ1v) is 14.6. The average molecular weight is 642 g/mol. The second-order valence-corrected chi connectivity index (χ2v) is 10.2. The zero-order chi connectivity index (χ0) is 32.9. The van der Waals surface area contributed by atoms with Crippen molar-refractivity contribution in [1.82, 2.24) is 25.2 Å². The molecule has 4 heterocycles. The number of amides is 1. The summed E-state index contributed by atoms with van der Waals surface area (Å²) in [5, 5.41) is 6.20. The van der Waals surface area contributed by atoms with Crippen molar-refractivity contribution in [3.63, 3.8) is 0 Å². The largest absolute Gasteiger partial charge is 0.474 e. The number of anilines is 2. The molecular formula is C29H36F5N7O4. The van der Waals surface area contributed by atoms with Gasteiger partial charge >= 0.3 is 12.2 Å². The first-order valence-electron chi connectivity index (χ1n) is 14.6. The highest BCUT2D eigenvalue weighted by Crippen LogP contribution is 2.44. The van der Waals surface area contributed by atoms with Gasteiger partial charge < -0.3 is 35.5 Å². The van der Waals surface area contributed by atoms with Crippen LogP contribution in [0.3, 0.4) is 0 Å². The van der Waals surface area contributed by atoms with E-state index in [9.17, 15) is 22.4 Å². The monoisotopic (exact) mass is 641 g/mol. The van der Waals surface area contributed by atoms with E-state index in [2.05, 4.69) is 25.6 Å². The number of aromatic nitrogens is 3. The highest BCUT2D eigenvalue weighted by atomic mass is 19.4. The van der Waals surface area contributed by atoms with Gasteiger partial charge in [-0.2, -0.15) is 23.1 Å². The fourth-order valence-corrected chi connectivity index (χ4v) is 4.93. The van der Waals surface area contributed by atoms with Crippen molar-refractivity contribution in [2.24, 2.45) is 0 Å². The smallest absolute Gasteiger partial charge is 0.417 e. The molecule has 11 nitrogen and oxygen atoms in total. The fraction of sp³-hybridized carbons (Fsp3) is 0.517. The Morgan fingerprint density at radius 1 is 1.11 bits per heavy atom. The summed E-state index contributed by atoms with van der Waals surface area (Å²) in [6.45, 7) is 8.99. The zero-order valence-corrected chi connectivity index (χ0v) is 25.4. The van der Waals surface area contributed by atoms with Gasteiger partial charge in [-0.05, 0) is 38.4 Å². The maximum Gasteiger partial charge on any atom is 0.417 e. The van der Waals surface area contributed by atoms with Crippen LogP contribution < -0.4 is 25.8 Å². The van der Waals surface area contributed by atoms with Crippen molar-refractivity contribution in [3.05, 3.63) is 28.8 Å². The molecule has 1 fully saturated rings. The zero-order valence-electron chi connectivity index (χ0n) is 25.4. The summed E-state index contributed by atoms with van der Waals surface area (Å²) in [7, 11) is 0. The lowest BCUT2D eigenvalue weighted by atomic mass is 9.96. The maximum absolute atomic E-state index is 16.4. The number of pyridine rings is 1. The number of nitrogens with zero attached hydrogens (tertiary/aromatic N) is 4. The van der Waals surface area contributed by atoms with E-state index in [0.29, 0.717) is 58.4 Å². The Kier molecular flexibility index (Phi) is 10.8. The SMILES string of the molecule is CC.Cc1c(F)c(N)cc(-c2nc3c4c(nc(OCC(=O)N5CCOCC5)nc4c2F)NCCNCCC(C)O3)c1C(F)(F)F. The molecule has 4 N–H and O–H groups in total. The molecule has 0 aliphatic carbocycles. The van der Waals surface area contributed by atoms with Crippen molar-refractivity contribution in [2.75, 3.05) is 63.6 Å². The van der Waals surface area contributed by atoms with Gasteiger partial charge in [0.25, 0.3) is 5.91 Å². The number of nitrogens with one attached hydrogen (secondary N) is 2. The van der Waals surface area contributed by atoms with Crippen molar-refractivity contribution >= 4 is 28.3 Å². The molecule has 2 aliphatic heterocycles. The van der Waals surface area contributed by atoms with Gasteiger partial charge in [-0.15, -0.1) is 0 Å². The molecule has 1 amide bonds. The minimum Gasteiger partial charge on any atom is -0.474 e. The molecule has 1 atom stereocenters. The van der Waals surface area contributed by atoms with Gasteiger partial charge in [-0.1, -0.05) is 13.8 Å². The summed E-state index contributed by atoms with van der Waals surface area (Å²) in [5.74, 6) is -3.13. The molecule has 0 saturated carbocycles. The van der Waals surface area contributed by atoms with Crippen LogP contribution in [0.2, 0.25) is 0 Å². The second-order valence-electron chi connectivity index (χ2n) is 10.2. The first kappa shape index (κ1) is 33.8. The van der Waals surface area contributed by atoms with Gasteiger partial charge in [0, 0.05) is 31.7 Å². The predicted octanol–water partition coefficient (Wildman–Crippen LogP) is 4.32. The molecule has 2 aromatic heterocycles. The number of carbonyl (C=O) groups excluding carboxylic acids is 1. The van der Waals surface area contributed by atoms with Gasteiger partial charge in [0.1, 0.15) is 28.2 Å². The van der Waals surface area contributed by atoms with E-state index in [4.69, 9.17) is 19.9 Å². The molecule has 246 valence electrons. The highest BCUT2D eigenvalue weighted by molar-refractivity contribution is 5.96. The number of morpholine rings is 1.